The summed E-state index contributed by atoms with van der Waals surface area (Å²) < 4.78 is 0. The average Bonchev–Trinajstić information content (AvgIpc) is 2.56. The Morgan fingerprint density at radius 2 is 1.43 bits per heavy atom. The van der Waals surface area contributed by atoms with Crippen molar-refractivity contribution in [3.05, 3.63) is 71.8 Å². The zero-order valence-electron chi connectivity index (χ0n) is 12.0. The smallest absolute Gasteiger partial charge is 0.133 e. The molecule has 21 heavy (non-hydrogen) atoms. The van der Waals surface area contributed by atoms with Crippen molar-refractivity contribution < 1.29 is 9.90 Å². The van der Waals surface area contributed by atoms with E-state index in [1.807, 2.05) is 60.7 Å². The number of hydrogen-bond acceptors (Lipinski definition) is 2. The molecule has 0 bridgehead atoms. The third-order valence-electron chi connectivity index (χ3n) is 4.50. The predicted molar refractivity (Wildman–Crippen MR) is 82.8 cm³/mol. The number of carbonyl (C=O) groups is 1. The Morgan fingerprint density at radius 1 is 0.905 bits per heavy atom. The SMILES string of the molecule is O=C1CCCC(C(O)(c2ccccc2)c2ccccc2)C1. The first kappa shape index (κ1) is 14.0. The van der Waals surface area contributed by atoms with Crippen molar-refractivity contribution in [1.29, 1.82) is 0 Å². The quantitative estimate of drug-likeness (QED) is 0.931. The van der Waals surface area contributed by atoms with Crippen molar-refractivity contribution in [2.45, 2.75) is 31.3 Å². The molecule has 0 amide bonds. The van der Waals surface area contributed by atoms with Crippen molar-refractivity contribution in [1.82, 2.24) is 0 Å². The molecule has 0 heterocycles. The fraction of sp³-hybridized carbons (Fsp3) is 0.316. The molecule has 2 heteroatoms. The Hall–Kier alpha value is -1.93. The van der Waals surface area contributed by atoms with Crippen LogP contribution in [0, 0.1) is 5.92 Å². The van der Waals surface area contributed by atoms with E-state index in [-0.39, 0.29) is 11.7 Å². The highest BCUT2D eigenvalue weighted by Gasteiger charge is 2.41. The van der Waals surface area contributed by atoms with E-state index in [9.17, 15) is 9.90 Å². The fourth-order valence-corrected chi connectivity index (χ4v) is 3.40. The Bertz CT molecular complexity index is 564. The maximum absolute atomic E-state index is 11.9. The van der Waals surface area contributed by atoms with Crippen LogP contribution in [0.4, 0.5) is 0 Å². The van der Waals surface area contributed by atoms with Crippen molar-refractivity contribution in [3.8, 4) is 0 Å². The largest absolute Gasteiger partial charge is 0.380 e. The van der Waals surface area contributed by atoms with Gasteiger partial charge in [0.15, 0.2) is 0 Å². The summed E-state index contributed by atoms with van der Waals surface area (Å²) in [5.41, 5.74) is 0.658. The molecule has 2 aromatic rings. The average molecular weight is 280 g/mol. The first-order valence-corrected chi connectivity index (χ1v) is 7.56. The van der Waals surface area contributed by atoms with E-state index in [0.717, 1.165) is 24.0 Å². The van der Waals surface area contributed by atoms with Crippen molar-refractivity contribution >= 4 is 5.78 Å². The fourth-order valence-electron chi connectivity index (χ4n) is 3.40. The molecule has 1 aliphatic carbocycles. The number of rotatable bonds is 3. The topological polar surface area (TPSA) is 37.3 Å². The molecule has 0 aromatic heterocycles. The van der Waals surface area contributed by atoms with Crippen LogP contribution in [0.15, 0.2) is 60.7 Å². The minimum atomic E-state index is -1.08. The summed E-state index contributed by atoms with van der Waals surface area (Å²) in [5.74, 6) is 0.208. The summed E-state index contributed by atoms with van der Waals surface area (Å²) in [6.45, 7) is 0. The second kappa shape index (κ2) is 5.82. The number of hydrogen-bond donors (Lipinski definition) is 1. The van der Waals surface area contributed by atoms with Gasteiger partial charge in [-0.25, -0.2) is 0 Å². The number of ketones is 1. The van der Waals surface area contributed by atoms with Gasteiger partial charge in [-0.3, -0.25) is 4.79 Å². The molecule has 2 nitrogen and oxygen atoms in total. The minimum absolute atomic E-state index is 0.0523. The molecular formula is C19H20O2. The van der Waals surface area contributed by atoms with Crippen LogP contribution in [0.5, 0.6) is 0 Å². The minimum Gasteiger partial charge on any atom is -0.380 e. The van der Waals surface area contributed by atoms with E-state index in [1.54, 1.807) is 0 Å². The van der Waals surface area contributed by atoms with E-state index in [1.165, 1.54) is 0 Å². The molecule has 2 aromatic carbocycles. The van der Waals surface area contributed by atoms with Crippen LogP contribution in [0.3, 0.4) is 0 Å². The van der Waals surface area contributed by atoms with Gasteiger partial charge in [-0.1, -0.05) is 60.7 Å². The lowest BCUT2D eigenvalue weighted by Gasteiger charge is -2.39. The van der Waals surface area contributed by atoms with Crippen molar-refractivity contribution in [2.24, 2.45) is 5.92 Å². The maximum Gasteiger partial charge on any atom is 0.133 e. The van der Waals surface area contributed by atoms with Crippen molar-refractivity contribution in [2.75, 3.05) is 0 Å². The lowest BCUT2D eigenvalue weighted by molar-refractivity contribution is -0.124. The molecule has 108 valence electrons. The van der Waals surface area contributed by atoms with Crippen LogP contribution in [0.2, 0.25) is 0 Å². The Labute approximate surface area is 125 Å². The summed E-state index contributed by atoms with van der Waals surface area (Å²) in [4.78, 5) is 11.9. The third-order valence-corrected chi connectivity index (χ3v) is 4.50. The summed E-state index contributed by atoms with van der Waals surface area (Å²) >= 11 is 0. The van der Waals surface area contributed by atoms with E-state index in [4.69, 9.17) is 0 Å². The molecule has 1 unspecified atom stereocenters. The molecule has 0 aliphatic heterocycles. The highest BCUT2D eigenvalue weighted by atomic mass is 16.3. The first-order valence-electron chi connectivity index (χ1n) is 7.56. The lowest BCUT2D eigenvalue weighted by Crippen LogP contribution is -2.39. The lowest BCUT2D eigenvalue weighted by atomic mass is 9.70. The highest BCUT2D eigenvalue weighted by molar-refractivity contribution is 5.79. The van der Waals surface area contributed by atoms with Gasteiger partial charge in [-0.05, 0) is 24.0 Å². The second-order valence-electron chi connectivity index (χ2n) is 5.83. The van der Waals surface area contributed by atoms with E-state index < -0.39 is 5.60 Å². The molecule has 0 radical (unpaired) electrons. The molecule has 1 aliphatic rings. The van der Waals surface area contributed by atoms with Crippen LogP contribution < -0.4 is 0 Å². The van der Waals surface area contributed by atoms with Gasteiger partial charge in [-0.2, -0.15) is 0 Å². The Balaban J connectivity index is 2.09. The summed E-state index contributed by atoms with van der Waals surface area (Å²) in [6.07, 6.45) is 2.86. The van der Waals surface area contributed by atoms with Crippen LogP contribution in [-0.4, -0.2) is 10.9 Å². The number of aliphatic hydroxyl groups is 1. The van der Waals surface area contributed by atoms with Gasteiger partial charge >= 0.3 is 0 Å². The van der Waals surface area contributed by atoms with Crippen LogP contribution >= 0.6 is 0 Å². The second-order valence-corrected chi connectivity index (χ2v) is 5.83. The van der Waals surface area contributed by atoms with Gasteiger partial charge in [0.2, 0.25) is 0 Å². The molecule has 1 saturated carbocycles. The monoisotopic (exact) mass is 280 g/mol. The van der Waals surface area contributed by atoms with Crippen LogP contribution in [0.1, 0.15) is 36.8 Å². The molecular weight excluding hydrogens is 260 g/mol. The molecule has 1 atom stereocenters. The number of carbonyl (C=O) groups excluding carboxylic acids is 1. The van der Waals surface area contributed by atoms with Gasteiger partial charge < -0.3 is 5.11 Å². The number of benzene rings is 2. The van der Waals surface area contributed by atoms with E-state index in [2.05, 4.69) is 0 Å². The van der Waals surface area contributed by atoms with Gasteiger partial charge in [0.1, 0.15) is 11.4 Å². The van der Waals surface area contributed by atoms with Crippen molar-refractivity contribution in [3.63, 3.8) is 0 Å². The van der Waals surface area contributed by atoms with Gasteiger partial charge in [0.25, 0.3) is 0 Å². The summed E-state index contributed by atoms with van der Waals surface area (Å²) in [7, 11) is 0. The van der Waals surface area contributed by atoms with E-state index in [0.29, 0.717) is 12.8 Å². The van der Waals surface area contributed by atoms with Gasteiger partial charge in [0.05, 0.1) is 0 Å². The molecule has 0 spiro atoms. The molecule has 1 fully saturated rings. The Morgan fingerprint density at radius 3 is 1.90 bits per heavy atom. The zero-order chi connectivity index (χ0) is 14.7. The van der Waals surface area contributed by atoms with E-state index >= 15 is 0 Å². The Kier molecular flexibility index (Phi) is 3.89. The first-order chi connectivity index (χ1) is 10.2. The number of Topliss-reactive ketones (excluding diaryl/α,β-unsaturated/α-hetero) is 1. The standard InChI is InChI=1S/C19H20O2/c20-18-13-7-12-17(14-18)19(21,15-8-3-1-4-9-15)16-10-5-2-6-11-16/h1-6,8-11,17,21H,7,12-14H2. The normalized spacial score (nSPS) is 19.5. The van der Waals surface area contributed by atoms with Gasteiger partial charge in [0, 0.05) is 18.8 Å². The summed E-state index contributed by atoms with van der Waals surface area (Å²) in [5, 5.41) is 11.5. The van der Waals surface area contributed by atoms with Crippen LogP contribution in [0.25, 0.3) is 0 Å². The third kappa shape index (κ3) is 2.64. The highest BCUT2D eigenvalue weighted by Crippen LogP contribution is 2.42. The zero-order valence-corrected chi connectivity index (χ0v) is 12.0. The molecule has 0 saturated heterocycles. The summed E-state index contributed by atoms with van der Waals surface area (Å²) in [6, 6.07) is 19.4. The molecule has 3 rings (SSSR count). The predicted octanol–water partition coefficient (Wildman–Crippen LogP) is 3.68. The molecule has 1 N–H and O–H groups in total. The van der Waals surface area contributed by atoms with Crippen LogP contribution in [-0.2, 0) is 10.4 Å². The maximum atomic E-state index is 11.9. The van der Waals surface area contributed by atoms with Gasteiger partial charge in [-0.15, -0.1) is 0 Å².